The second-order valence-corrected chi connectivity index (χ2v) is 4.85. The number of methoxy groups -OCH3 is 1. The van der Waals surface area contributed by atoms with Crippen molar-refractivity contribution in [2.75, 3.05) is 13.7 Å². The Morgan fingerprint density at radius 2 is 1.86 bits per heavy atom. The fraction of sp³-hybridized carbons (Fsp3) is 0.167. The van der Waals surface area contributed by atoms with E-state index in [1.165, 1.54) is 0 Å². The van der Waals surface area contributed by atoms with Gasteiger partial charge in [0.05, 0.1) is 19.2 Å². The zero-order valence-electron chi connectivity index (χ0n) is 12.6. The number of aromatic nitrogens is 1. The Morgan fingerprint density at radius 1 is 1.09 bits per heavy atom. The third-order valence-corrected chi connectivity index (χ3v) is 3.51. The highest BCUT2D eigenvalue weighted by atomic mass is 16.5. The third-order valence-electron chi connectivity index (χ3n) is 3.51. The number of para-hydroxylation sites is 1. The zero-order chi connectivity index (χ0) is 15.5. The molecule has 0 atom stereocenters. The normalized spacial score (nSPS) is 10.6. The van der Waals surface area contributed by atoms with Crippen LogP contribution in [0.15, 0.2) is 54.6 Å². The number of ether oxygens (including phenoxy) is 2. The lowest BCUT2D eigenvalue weighted by atomic mass is 10.2. The number of nitrogens with zero attached hydrogens (tertiary/aromatic N) is 1. The van der Waals surface area contributed by atoms with Gasteiger partial charge in [0.1, 0.15) is 11.4 Å². The minimum Gasteiger partial charge on any atom is -0.497 e. The summed E-state index contributed by atoms with van der Waals surface area (Å²) in [4.78, 5) is 12.3. The van der Waals surface area contributed by atoms with E-state index in [-0.39, 0.29) is 5.97 Å². The fourth-order valence-corrected chi connectivity index (χ4v) is 2.52. The number of fused-ring (bicyclic) bond motifs is 1. The first-order valence-electron chi connectivity index (χ1n) is 7.16. The quantitative estimate of drug-likeness (QED) is 0.687. The van der Waals surface area contributed by atoms with Crippen LogP contribution in [0.4, 0.5) is 0 Å². The summed E-state index contributed by atoms with van der Waals surface area (Å²) in [6.45, 7) is 2.15. The Kier molecular flexibility index (Phi) is 3.83. The lowest BCUT2D eigenvalue weighted by Crippen LogP contribution is -2.10. The Morgan fingerprint density at radius 3 is 2.55 bits per heavy atom. The molecule has 4 nitrogen and oxygen atoms in total. The molecule has 0 aliphatic heterocycles. The molecule has 0 amide bonds. The van der Waals surface area contributed by atoms with Crippen LogP contribution in [0.1, 0.15) is 17.4 Å². The molecule has 0 fully saturated rings. The van der Waals surface area contributed by atoms with Gasteiger partial charge in [-0.15, -0.1) is 0 Å². The van der Waals surface area contributed by atoms with E-state index in [1.54, 1.807) is 14.0 Å². The maximum atomic E-state index is 12.3. The van der Waals surface area contributed by atoms with E-state index in [9.17, 15) is 4.79 Å². The molecule has 0 radical (unpaired) electrons. The molecule has 0 aliphatic rings. The molecule has 112 valence electrons. The van der Waals surface area contributed by atoms with Gasteiger partial charge in [0, 0.05) is 17.1 Å². The second-order valence-electron chi connectivity index (χ2n) is 4.85. The van der Waals surface area contributed by atoms with Crippen LogP contribution >= 0.6 is 0 Å². The smallest absolute Gasteiger partial charge is 0.355 e. The molecule has 0 bridgehead atoms. The third kappa shape index (κ3) is 2.44. The van der Waals surface area contributed by atoms with Crippen molar-refractivity contribution in [1.82, 2.24) is 4.57 Å². The zero-order valence-corrected chi connectivity index (χ0v) is 12.6. The predicted molar refractivity (Wildman–Crippen MR) is 85.8 cm³/mol. The van der Waals surface area contributed by atoms with E-state index >= 15 is 0 Å². The van der Waals surface area contributed by atoms with Crippen LogP contribution in [-0.4, -0.2) is 24.3 Å². The molecule has 0 saturated heterocycles. The van der Waals surface area contributed by atoms with Crippen molar-refractivity contribution in [2.24, 2.45) is 0 Å². The van der Waals surface area contributed by atoms with Crippen molar-refractivity contribution < 1.29 is 14.3 Å². The molecule has 1 heterocycles. The first-order valence-corrected chi connectivity index (χ1v) is 7.16. The van der Waals surface area contributed by atoms with Crippen molar-refractivity contribution in [2.45, 2.75) is 6.92 Å². The number of hydrogen-bond acceptors (Lipinski definition) is 3. The number of rotatable bonds is 4. The van der Waals surface area contributed by atoms with Crippen LogP contribution in [-0.2, 0) is 4.74 Å². The second kappa shape index (κ2) is 5.93. The highest BCUT2D eigenvalue weighted by molar-refractivity contribution is 5.97. The fourth-order valence-electron chi connectivity index (χ4n) is 2.52. The molecule has 0 spiro atoms. The summed E-state index contributed by atoms with van der Waals surface area (Å²) in [6, 6.07) is 17.3. The lowest BCUT2D eigenvalue weighted by molar-refractivity contribution is 0.0517. The van der Waals surface area contributed by atoms with Crippen molar-refractivity contribution in [3.63, 3.8) is 0 Å². The van der Waals surface area contributed by atoms with Crippen LogP contribution < -0.4 is 4.74 Å². The average molecular weight is 295 g/mol. The molecule has 22 heavy (non-hydrogen) atoms. The van der Waals surface area contributed by atoms with Crippen LogP contribution in [0.25, 0.3) is 16.6 Å². The summed E-state index contributed by atoms with van der Waals surface area (Å²) >= 11 is 0. The van der Waals surface area contributed by atoms with Crippen LogP contribution in [0, 0.1) is 0 Å². The number of carbonyl (C=O) groups excluding carboxylic acids is 1. The molecular weight excluding hydrogens is 278 g/mol. The summed E-state index contributed by atoms with van der Waals surface area (Å²) < 4.78 is 12.4. The Balaban J connectivity index is 2.28. The molecule has 0 unspecified atom stereocenters. The topological polar surface area (TPSA) is 40.5 Å². The standard InChI is InChI=1S/C18H17NO3/c1-3-22-18(20)17-11-13-9-10-15(21-2)12-16(13)19(17)14-7-5-4-6-8-14/h4-12H,3H2,1-2H3. The molecule has 0 saturated carbocycles. The minimum atomic E-state index is -0.332. The molecule has 2 aromatic carbocycles. The minimum absolute atomic E-state index is 0.332. The lowest BCUT2D eigenvalue weighted by Gasteiger charge is -2.10. The molecule has 3 rings (SSSR count). The van der Waals surface area contributed by atoms with Gasteiger partial charge in [-0.3, -0.25) is 0 Å². The van der Waals surface area contributed by atoms with Gasteiger partial charge in [-0.05, 0) is 37.3 Å². The molecule has 4 heteroatoms. The van der Waals surface area contributed by atoms with E-state index in [1.807, 2.05) is 59.2 Å². The van der Waals surface area contributed by atoms with Crippen LogP contribution in [0.3, 0.4) is 0 Å². The van der Waals surface area contributed by atoms with Crippen molar-refractivity contribution in [3.8, 4) is 11.4 Å². The highest BCUT2D eigenvalue weighted by Crippen LogP contribution is 2.28. The van der Waals surface area contributed by atoms with Gasteiger partial charge in [-0.25, -0.2) is 4.79 Å². The Labute approximate surface area is 128 Å². The molecular formula is C18H17NO3. The van der Waals surface area contributed by atoms with Gasteiger partial charge in [-0.2, -0.15) is 0 Å². The van der Waals surface area contributed by atoms with Crippen LogP contribution in [0.2, 0.25) is 0 Å². The summed E-state index contributed by atoms with van der Waals surface area (Å²) in [6.07, 6.45) is 0. The van der Waals surface area contributed by atoms with Crippen LogP contribution in [0.5, 0.6) is 5.75 Å². The summed E-state index contributed by atoms with van der Waals surface area (Å²) in [5.41, 5.74) is 2.33. The first kappa shape index (κ1) is 14.2. The van der Waals surface area contributed by atoms with Crippen molar-refractivity contribution >= 4 is 16.9 Å². The number of carbonyl (C=O) groups is 1. The summed E-state index contributed by atoms with van der Waals surface area (Å²) in [7, 11) is 1.63. The van der Waals surface area contributed by atoms with Gasteiger partial charge in [-0.1, -0.05) is 18.2 Å². The van der Waals surface area contributed by atoms with E-state index in [2.05, 4.69) is 0 Å². The molecule has 1 aromatic heterocycles. The van der Waals surface area contributed by atoms with E-state index in [0.717, 1.165) is 22.3 Å². The maximum Gasteiger partial charge on any atom is 0.355 e. The summed E-state index contributed by atoms with van der Waals surface area (Å²) in [5, 5.41) is 0.965. The molecule has 0 aliphatic carbocycles. The highest BCUT2D eigenvalue weighted by Gasteiger charge is 2.18. The first-order chi connectivity index (χ1) is 10.7. The molecule has 0 N–H and O–H groups in total. The molecule has 3 aromatic rings. The average Bonchev–Trinajstić information content (AvgIpc) is 2.94. The number of hydrogen-bond donors (Lipinski definition) is 0. The number of benzene rings is 2. The maximum absolute atomic E-state index is 12.3. The van der Waals surface area contributed by atoms with E-state index in [4.69, 9.17) is 9.47 Å². The number of esters is 1. The summed E-state index contributed by atoms with van der Waals surface area (Å²) in [5.74, 6) is 0.416. The van der Waals surface area contributed by atoms with Crippen molar-refractivity contribution in [1.29, 1.82) is 0 Å². The van der Waals surface area contributed by atoms with E-state index < -0.39 is 0 Å². The SMILES string of the molecule is CCOC(=O)c1cc2ccc(OC)cc2n1-c1ccccc1. The van der Waals surface area contributed by atoms with Gasteiger partial charge in [0.15, 0.2) is 0 Å². The monoisotopic (exact) mass is 295 g/mol. The Hall–Kier alpha value is -2.75. The van der Waals surface area contributed by atoms with E-state index in [0.29, 0.717) is 12.3 Å². The van der Waals surface area contributed by atoms with Gasteiger partial charge in [0.2, 0.25) is 0 Å². The largest absolute Gasteiger partial charge is 0.497 e. The van der Waals surface area contributed by atoms with Gasteiger partial charge < -0.3 is 14.0 Å². The Bertz CT molecular complexity index is 806. The predicted octanol–water partition coefficient (Wildman–Crippen LogP) is 3.82. The van der Waals surface area contributed by atoms with Gasteiger partial charge in [0.25, 0.3) is 0 Å². The van der Waals surface area contributed by atoms with Crippen molar-refractivity contribution in [3.05, 3.63) is 60.3 Å². The van der Waals surface area contributed by atoms with Gasteiger partial charge >= 0.3 is 5.97 Å².